The Kier molecular flexibility index (Phi) is 5.77. The number of phenolic OH excluding ortho intramolecular Hbond substituents is 1. The third kappa shape index (κ3) is 4.17. The van der Waals surface area contributed by atoms with Crippen LogP contribution in [0.4, 0.5) is 0 Å². The molecule has 1 saturated carbocycles. The van der Waals surface area contributed by atoms with E-state index in [0.717, 1.165) is 24.3 Å². The molecule has 1 fully saturated rings. The average Bonchev–Trinajstić information content (AvgIpc) is 2.47. The third-order valence-electron chi connectivity index (χ3n) is 3.86. The van der Waals surface area contributed by atoms with Crippen molar-refractivity contribution in [2.24, 2.45) is 0 Å². The number of hydrogen-bond acceptors (Lipinski definition) is 3. The SMILES string of the molecule is CCN(C(=O)CSc1cccc(O)c1)C1CCCCC1. The van der Waals surface area contributed by atoms with Crippen LogP contribution in [0, 0.1) is 0 Å². The summed E-state index contributed by atoms with van der Waals surface area (Å²) in [6, 6.07) is 7.52. The maximum atomic E-state index is 12.4. The van der Waals surface area contributed by atoms with Crippen molar-refractivity contribution in [2.45, 2.75) is 50.0 Å². The van der Waals surface area contributed by atoms with Gasteiger partial charge in [-0.15, -0.1) is 11.8 Å². The fourth-order valence-electron chi connectivity index (χ4n) is 2.83. The first-order chi connectivity index (χ1) is 9.70. The van der Waals surface area contributed by atoms with Crippen molar-refractivity contribution in [3.8, 4) is 5.75 Å². The molecule has 110 valence electrons. The molecule has 1 aliphatic carbocycles. The summed E-state index contributed by atoms with van der Waals surface area (Å²) in [5.74, 6) is 0.920. The number of carbonyl (C=O) groups excluding carboxylic acids is 1. The van der Waals surface area contributed by atoms with Gasteiger partial charge >= 0.3 is 0 Å². The van der Waals surface area contributed by atoms with Crippen molar-refractivity contribution in [1.29, 1.82) is 0 Å². The van der Waals surface area contributed by atoms with Gasteiger partial charge in [-0.05, 0) is 38.0 Å². The first kappa shape index (κ1) is 15.2. The molecule has 0 unspecified atom stereocenters. The van der Waals surface area contributed by atoms with Crippen LogP contribution >= 0.6 is 11.8 Å². The van der Waals surface area contributed by atoms with Crippen molar-refractivity contribution < 1.29 is 9.90 Å². The zero-order valence-corrected chi connectivity index (χ0v) is 12.9. The topological polar surface area (TPSA) is 40.5 Å². The minimum Gasteiger partial charge on any atom is -0.508 e. The quantitative estimate of drug-likeness (QED) is 0.842. The van der Waals surface area contributed by atoms with E-state index >= 15 is 0 Å². The van der Waals surface area contributed by atoms with Gasteiger partial charge in [0, 0.05) is 17.5 Å². The van der Waals surface area contributed by atoms with Gasteiger partial charge in [0.2, 0.25) is 5.91 Å². The molecule has 0 heterocycles. The molecule has 2 rings (SSSR count). The molecule has 4 heteroatoms. The van der Waals surface area contributed by atoms with Gasteiger partial charge < -0.3 is 10.0 Å². The van der Waals surface area contributed by atoms with Crippen LogP contribution in [-0.4, -0.2) is 34.3 Å². The maximum Gasteiger partial charge on any atom is 0.233 e. The first-order valence-corrected chi connectivity index (χ1v) is 8.40. The van der Waals surface area contributed by atoms with Crippen molar-refractivity contribution in [3.63, 3.8) is 0 Å². The Bertz CT molecular complexity index is 444. The van der Waals surface area contributed by atoms with Gasteiger partial charge in [0.15, 0.2) is 0 Å². The number of nitrogens with zero attached hydrogens (tertiary/aromatic N) is 1. The molecule has 20 heavy (non-hydrogen) atoms. The number of carbonyl (C=O) groups is 1. The lowest BCUT2D eigenvalue weighted by Crippen LogP contribution is -2.42. The summed E-state index contributed by atoms with van der Waals surface area (Å²) in [6.07, 6.45) is 6.09. The van der Waals surface area contributed by atoms with E-state index in [4.69, 9.17) is 0 Å². The number of amides is 1. The molecule has 0 atom stereocenters. The van der Waals surface area contributed by atoms with Crippen LogP contribution in [-0.2, 0) is 4.79 Å². The van der Waals surface area contributed by atoms with Crippen LogP contribution in [0.1, 0.15) is 39.0 Å². The van der Waals surface area contributed by atoms with Crippen LogP contribution in [0.3, 0.4) is 0 Å². The van der Waals surface area contributed by atoms with E-state index in [1.165, 1.54) is 31.0 Å². The van der Waals surface area contributed by atoms with Gasteiger partial charge in [-0.1, -0.05) is 25.3 Å². The molecule has 1 amide bonds. The zero-order chi connectivity index (χ0) is 14.4. The zero-order valence-electron chi connectivity index (χ0n) is 12.0. The van der Waals surface area contributed by atoms with Gasteiger partial charge in [-0.2, -0.15) is 0 Å². The van der Waals surface area contributed by atoms with Crippen LogP contribution in [0.15, 0.2) is 29.2 Å². The standard InChI is InChI=1S/C16H23NO2S/c1-2-17(13-7-4-3-5-8-13)16(19)12-20-15-10-6-9-14(18)11-15/h6,9-11,13,18H,2-5,7-8,12H2,1H3. The second kappa shape index (κ2) is 7.58. The summed E-state index contributed by atoms with van der Waals surface area (Å²) in [5, 5.41) is 9.43. The molecule has 0 aliphatic heterocycles. The fraction of sp³-hybridized carbons (Fsp3) is 0.562. The molecule has 0 aromatic heterocycles. The van der Waals surface area contributed by atoms with E-state index in [2.05, 4.69) is 6.92 Å². The van der Waals surface area contributed by atoms with E-state index in [-0.39, 0.29) is 11.7 Å². The Morgan fingerprint density at radius 2 is 2.10 bits per heavy atom. The molecule has 1 N–H and O–H groups in total. The largest absolute Gasteiger partial charge is 0.508 e. The molecule has 0 bridgehead atoms. The predicted octanol–water partition coefficient (Wildman–Crippen LogP) is 3.67. The van der Waals surface area contributed by atoms with Crippen molar-refractivity contribution in [3.05, 3.63) is 24.3 Å². The normalized spacial score (nSPS) is 16.1. The van der Waals surface area contributed by atoms with E-state index in [0.29, 0.717) is 11.8 Å². The summed E-state index contributed by atoms with van der Waals surface area (Å²) in [5.41, 5.74) is 0. The lowest BCUT2D eigenvalue weighted by Gasteiger charge is -2.33. The Morgan fingerprint density at radius 3 is 2.75 bits per heavy atom. The van der Waals surface area contributed by atoms with Gasteiger partial charge in [0.25, 0.3) is 0 Å². The monoisotopic (exact) mass is 293 g/mol. The third-order valence-corrected chi connectivity index (χ3v) is 4.83. The highest BCUT2D eigenvalue weighted by molar-refractivity contribution is 8.00. The van der Waals surface area contributed by atoms with Gasteiger partial charge in [0.1, 0.15) is 5.75 Å². The Labute approximate surface area is 125 Å². The smallest absolute Gasteiger partial charge is 0.233 e. The Hall–Kier alpha value is -1.16. The van der Waals surface area contributed by atoms with Crippen molar-refractivity contribution >= 4 is 17.7 Å². The fourth-order valence-corrected chi connectivity index (χ4v) is 3.67. The highest BCUT2D eigenvalue weighted by Gasteiger charge is 2.23. The average molecular weight is 293 g/mol. The van der Waals surface area contributed by atoms with Gasteiger partial charge in [-0.25, -0.2) is 0 Å². The van der Waals surface area contributed by atoms with Crippen molar-refractivity contribution in [1.82, 2.24) is 4.90 Å². The number of thioether (sulfide) groups is 1. The van der Waals surface area contributed by atoms with E-state index < -0.39 is 0 Å². The molecule has 1 aromatic carbocycles. The lowest BCUT2D eigenvalue weighted by molar-refractivity contribution is -0.131. The summed E-state index contributed by atoms with van der Waals surface area (Å²) >= 11 is 1.50. The van der Waals surface area contributed by atoms with Crippen LogP contribution in [0.25, 0.3) is 0 Å². The molecule has 1 aliphatic rings. The second-order valence-electron chi connectivity index (χ2n) is 5.26. The maximum absolute atomic E-state index is 12.4. The number of hydrogen-bond donors (Lipinski definition) is 1. The summed E-state index contributed by atoms with van der Waals surface area (Å²) in [7, 11) is 0. The molecule has 3 nitrogen and oxygen atoms in total. The first-order valence-electron chi connectivity index (χ1n) is 7.42. The molecule has 0 saturated heterocycles. The highest BCUT2D eigenvalue weighted by atomic mass is 32.2. The number of aromatic hydroxyl groups is 1. The van der Waals surface area contributed by atoms with Gasteiger partial charge in [0.05, 0.1) is 5.75 Å². The molecule has 1 aromatic rings. The summed E-state index contributed by atoms with van der Waals surface area (Å²) < 4.78 is 0. The number of phenols is 1. The molecule has 0 radical (unpaired) electrons. The minimum absolute atomic E-state index is 0.216. The number of benzene rings is 1. The van der Waals surface area contributed by atoms with E-state index in [9.17, 15) is 9.90 Å². The Balaban J connectivity index is 1.88. The predicted molar refractivity (Wildman–Crippen MR) is 83.1 cm³/mol. The van der Waals surface area contributed by atoms with Crippen molar-refractivity contribution in [2.75, 3.05) is 12.3 Å². The van der Waals surface area contributed by atoms with Crippen LogP contribution in [0.2, 0.25) is 0 Å². The summed E-state index contributed by atoms with van der Waals surface area (Å²) in [4.78, 5) is 15.4. The minimum atomic E-state index is 0.216. The lowest BCUT2D eigenvalue weighted by atomic mass is 9.94. The van der Waals surface area contributed by atoms with Crippen LogP contribution in [0.5, 0.6) is 5.75 Å². The van der Waals surface area contributed by atoms with E-state index in [1.54, 1.807) is 18.2 Å². The van der Waals surface area contributed by atoms with E-state index in [1.807, 2.05) is 11.0 Å². The summed E-state index contributed by atoms with van der Waals surface area (Å²) in [6.45, 7) is 2.86. The highest BCUT2D eigenvalue weighted by Crippen LogP contribution is 2.25. The van der Waals surface area contributed by atoms with Gasteiger partial charge in [-0.3, -0.25) is 4.79 Å². The molecule has 0 spiro atoms. The Morgan fingerprint density at radius 1 is 1.35 bits per heavy atom. The number of rotatable bonds is 5. The molecular weight excluding hydrogens is 270 g/mol. The second-order valence-corrected chi connectivity index (χ2v) is 6.31. The molecular formula is C16H23NO2S. The van der Waals surface area contributed by atoms with Crippen LogP contribution < -0.4 is 0 Å².